The molecule has 8 heteroatoms. The maximum atomic E-state index is 13.5. The number of aryl methyl sites for hydroxylation is 1. The van der Waals surface area contributed by atoms with E-state index >= 15 is 0 Å². The summed E-state index contributed by atoms with van der Waals surface area (Å²) >= 11 is 1.47. The Hall–Kier alpha value is -2.84. The van der Waals surface area contributed by atoms with Crippen molar-refractivity contribution in [3.05, 3.63) is 59.7 Å². The summed E-state index contributed by atoms with van der Waals surface area (Å²) in [5, 5.41) is 9.48. The van der Waals surface area contributed by atoms with Gasteiger partial charge in [0.25, 0.3) is 0 Å². The van der Waals surface area contributed by atoms with Gasteiger partial charge < -0.3 is 14.5 Å². The molecule has 2 aliphatic heterocycles. The van der Waals surface area contributed by atoms with Gasteiger partial charge in [-0.25, -0.2) is 0 Å². The van der Waals surface area contributed by atoms with Gasteiger partial charge in [-0.1, -0.05) is 47.7 Å². The number of nitrogens with zero attached hydrogens (tertiary/aromatic N) is 5. The van der Waals surface area contributed by atoms with E-state index in [1.165, 1.54) is 22.9 Å². The van der Waals surface area contributed by atoms with Crippen LogP contribution >= 0.6 is 11.8 Å². The molecule has 1 aromatic heterocycles. The highest BCUT2D eigenvalue weighted by atomic mass is 32.2. The minimum atomic E-state index is -0.301. The van der Waals surface area contributed by atoms with E-state index in [0.29, 0.717) is 13.2 Å². The van der Waals surface area contributed by atoms with Crippen molar-refractivity contribution in [3.8, 4) is 5.69 Å². The molecule has 0 N–H and O–H groups in total. The second-order valence-electron chi connectivity index (χ2n) is 8.70. The molecule has 0 saturated carbocycles. The molecule has 2 aliphatic rings. The Bertz CT molecular complexity index is 1140. The van der Waals surface area contributed by atoms with Crippen molar-refractivity contribution in [2.45, 2.75) is 43.6 Å². The topological polar surface area (TPSA) is 63.5 Å². The first kappa shape index (κ1) is 22.0. The monoisotopic (exact) mass is 463 g/mol. The zero-order valence-corrected chi connectivity index (χ0v) is 20.1. The Morgan fingerprint density at radius 1 is 1.09 bits per heavy atom. The fraction of sp³-hybridized carbons (Fsp3) is 0.400. The summed E-state index contributed by atoms with van der Waals surface area (Å²) in [5.74, 6) is 0.896. The Kier molecular flexibility index (Phi) is 6.12. The van der Waals surface area contributed by atoms with Crippen LogP contribution in [0.5, 0.6) is 0 Å². The van der Waals surface area contributed by atoms with E-state index in [4.69, 9.17) is 4.74 Å². The molecule has 2 atom stereocenters. The Morgan fingerprint density at radius 2 is 1.82 bits per heavy atom. The number of amides is 1. The number of rotatable bonds is 5. The molecular formula is C25H29N5O2S. The Balaban J connectivity index is 1.45. The van der Waals surface area contributed by atoms with Crippen LogP contribution in [-0.4, -0.2) is 58.3 Å². The molecule has 0 unspecified atom stereocenters. The van der Waals surface area contributed by atoms with Gasteiger partial charge in [-0.15, -0.1) is 10.2 Å². The van der Waals surface area contributed by atoms with Crippen LogP contribution < -0.4 is 9.80 Å². The average Bonchev–Trinajstić information content (AvgIpc) is 3.40. The lowest BCUT2D eigenvalue weighted by molar-refractivity contribution is -0.118. The van der Waals surface area contributed by atoms with Crippen LogP contribution in [0.2, 0.25) is 0 Å². The zero-order valence-electron chi connectivity index (χ0n) is 19.3. The molecule has 0 aliphatic carbocycles. The van der Waals surface area contributed by atoms with Crippen molar-refractivity contribution in [1.29, 1.82) is 0 Å². The van der Waals surface area contributed by atoms with E-state index in [0.717, 1.165) is 42.0 Å². The smallest absolute Gasteiger partial charge is 0.240 e. The van der Waals surface area contributed by atoms with Crippen LogP contribution in [0.15, 0.2) is 53.7 Å². The standard InChI is InChI=1S/C25H29N5O2S/c1-17-8-10-21(11-9-17)30-24(28-12-14-32-15-13-28)26-27-25(30)33-19(3)23(31)29-18(2)16-20-6-4-5-7-22(20)29/h4-11,18-19H,12-16H2,1-3H3/t18-,19+/m0/s1. The Morgan fingerprint density at radius 3 is 2.58 bits per heavy atom. The highest BCUT2D eigenvalue weighted by Crippen LogP contribution is 2.36. The molecule has 1 amide bonds. The zero-order chi connectivity index (χ0) is 22.9. The highest BCUT2D eigenvalue weighted by molar-refractivity contribution is 8.00. The second kappa shape index (κ2) is 9.19. The van der Waals surface area contributed by atoms with Crippen molar-refractivity contribution in [2.24, 2.45) is 0 Å². The number of carbonyl (C=O) groups is 1. The first-order chi connectivity index (χ1) is 16.0. The molecule has 33 heavy (non-hydrogen) atoms. The lowest BCUT2D eigenvalue weighted by atomic mass is 10.1. The van der Waals surface area contributed by atoms with Crippen molar-refractivity contribution in [3.63, 3.8) is 0 Å². The average molecular weight is 464 g/mol. The van der Waals surface area contributed by atoms with E-state index in [2.05, 4.69) is 63.8 Å². The molecule has 5 rings (SSSR count). The van der Waals surface area contributed by atoms with Crippen molar-refractivity contribution >= 4 is 29.3 Å². The Labute approximate surface area is 198 Å². The molecule has 172 valence electrons. The lowest BCUT2D eigenvalue weighted by Gasteiger charge is -2.28. The van der Waals surface area contributed by atoms with E-state index < -0.39 is 0 Å². The van der Waals surface area contributed by atoms with Gasteiger partial charge in [0.2, 0.25) is 11.9 Å². The molecule has 7 nitrogen and oxygen atoms in total. The molecule has 2 aromatic carbocycles. The number of para-hydroxylation sites is 1. The quantitative estimate of drug-likeness (QED) is 0.536. The van der Waals surface area contributed by atoms with Gasteiger partial charge in [-0.3, -0.25) is 9.36 Å². The van der Waals surface area contributed by atoms with Crippen LogP contribution in [0.4, 0.5) is 11.6 Å². The fourth-order valence-corrected chi connectivity index (χ4v) is 5.44. The van der Waals surface area contributed by atoms with Gasteiger partial charge in [-0.05, 0) is 51.0 Å². The third-order valence-corrected chi connectivity index (χ3v) is 7.31. The number of anilines is 2. The van der Waals surface area contributed by atoms with Gasteiger partial charge in [0, 0.05) is 24.8 Å². The van der Waals surface area contributed by atoms with Gasteiger partial charge in [0.15, 0.2) is 5.16 Å². The summed E-state index contributed by atoms with van der Waals surface area (Å²) in [5.41, 5.74) is 4.44. The molecule has 1 saturated heterocycles. The largest absolute Gasteiger partial charge is 0.378 e. The molecular weight excluding hydrogens is 434 g/mol. The number of fused-ring (bicyclic) bond motifs is 1. The van der Waals surface area contributed by atoms with Crippen molar-refractivity contribution in [1.82, 2.24) is 14.8 Å². The summed E-state index contributed by atoms with van der Waals surface area (Å²) in [6.45, 7) is 9.03. The summed E-state index contributed by atoms with van der Waals surface area (Å²) in [6, 6.07) is 16.7. The number of aromatic nitrogens is 3. The number of hydrogen-bond acceptors (Lipinski definition) is 6. The van der Waals surface area contributed by atoms with Crippen LogP contribution in [0.25, 0.3) is 5.69 Å². The second-order valence-corrected chi connectivity index (χ2v) is 10.0. The summed E-state index contributed by atoms with van der Waals surface area (Å²) in [7, 11) is 0. The number of hydrogen-bond donors (Lipinski definition) is 0. The van der Waals surface area contributed by atoms with Gasteiger partial charge in [-0.2, -0.15) is 0 Å². The molecule has 0 bridgehead atoms. The highest BCUT2D eigenvalue weighted by Gasteiger charge is 2.34. The molecule has 0 spiro atoms. The number of carbonyl (C=O) groups excluding carboxylic acids is 1. The SMILES string of the molecule is Cc1ccc(-n2c(S[C@H](C)C(=O)N3c4ccccc4C[C@@H]3C)nnc2N2CCOCC2)cc1. The summed E-state index contributed by atoms with van der Waals surface area (Å²) < 4.78 is 7.60. The first-order valence-electron chi connectivity index (χ1n) is 11.5. The molecule has 0 radical (unpaired) electrons. The predicted octanol–water partition coefficient (Wildman–Crippen LogP) is 3.87. The predicted molar refractivity (Wildman–Crippen MR) is 132 cm³/mol. The number of benzene rings is 2. The molecule has 1 fully saturated rings. The van der Waals surface area contributed by atoms with Gasteiger partial charge in [0.1, 0.15) is 0 Å². The molecule has 3 aromatic rings. The van der Waals surface area contributed by atoms with Crippen molar-refractivity contribution < 1.29 is 9.53 Å². The van der Waals surface area contributed by atoms with Gasteiger partial charge in [0.05, 0.1) is 24.2 Å². The van der Waals surface area contributed by atoms with Crippen LogP contribution in [0.3, 0.4) is 0 Å². The summed E-state index contributed by atoms with van der Waals surface area (Å²) in [4.78, 5) is 17.7. The maximum absolute atomic E-state index is 13.5. The number of ether oxygens (including phenoxy) is 1. The van der Waals surface area contributed by atoms with Crippen LogP contribution in [-0.2, 0) is 16.0 Å². The fourth-order valence-electron chi connectivity index (χ4n) is 4.53. The van der Waals surface area contributed by atoms with Crippen molar-refractivity contribution in [2.75, 3.05) is 36.1 Å². The van der Waals surface area contributed by atoms with E-state index in [9.17, 15) is 4.79 Å². The first-order valence-corrected chi connectivity index (χ1v) is 12.3. The van der Waals surface area contributed by atoms with E-state index in [-0.39, 0.29) is 17.2 Å². The third kappa shape index (κ3) is 4.25. The third-order valence-electron chi connectivity index (χ3n) is 6.28. The number of morpholine rings is 1. The summed E-state index contributed by atoms with van der Waals surface area (Å²) in [6.07, 6.45) is 0.889. The van der Waals surface area contributed by atoms with E-state index in [1.54, 1.807) is 0 Å². The lowest BCUT2D eigenvalue weighted by Crippen LogP contribution is -2.40. The minimum absolute atomic E-state index is 0.101. The van der Waals surface area contributed by atoms with E-state index in [1.807, 2.05) is 30.0 Å². The number of thioether (sulfide) groups is 1. The normalized spacial score (nSPS) is 18.9. The van der Waals surface area contributed by atoms with Gasteiger partial charge >= 0.3 is 0 Å². The van der Waals surface area contributed by atoms with Crippen LogP contribution in [0.1, 0.15) is 25.0 Å². The minimum Gasteiger partial charge on any atom is -0.378 e. The van der Waals surface area contributed by atoms with Crippen LogP contribution in [0, 0.1) is 6.92 Å². The molecule has 3 heterocycles. The maximum Gasteiger partial charge on any atom is 0.240 e.